The van der Waals surface area contributed by atoms with E-state index in [1.165, 1.54) is 4.80 Å². The molecular formula is C21H30N6O2. The molecule has 0 aliphatic heterocycles. The smallest absolute Gasteiger partial charge is 0.246 e. The molecule has 1 aliphatic carbocycles. The summed E-state index contributed by atoms with van der Waals surface area (Å²) in [6, 6.07) is 7.92. The van der Waals surface area contributed by atoms with Crippen LogP contribution in [0.3, 0.4) is 0 Å². The molecule has 1 heterocycles. The molecule has 0 radical (unpaired) electrons. The molecule has 8 nitrogen and oxygen atoms in total. The number of aryl methyl sites for hydroxylation is 1. The Morgan fingerprint density at radius 1 is 1.17 bits per heavy atom. The van der Waals surface area contributed by atoms with Crippen molar-refractivity contribution in [3.8, 4) is 11.4 Å². The van der Waals surface area contributed by atoms with Gasteiger partial charge in [0.1, 0.15) is 6.54 Å². The standard InChI is InChI=1S/C21H30N6O2/c1-15-9-11-16(12-10-15)20-23-25-27(24-20)14-19(29)26(17-7-5-6-8-17)13-18(28)22-21(2,3)4/h9-12,17H,5-8,13-14H2,1-4H3,(H,22,28). The second kappa shape index (κ2) is 8.71. The van der Waals surface area contributed by atoms with Crippen molar-refractivity contribution in [2.24, 2.45) is 0 Å². The molecule has 2 amide bonds. The van der Waals surface area contributed by atoms with Crippen molar-refractivity contribution in [2.45, 2.75) is 71.5 Å². The van der Waals surface area contributed by atoms with Gasteiger partial charge in [0.15, 0.2) is 0 Å². The molecule has 1 aromatic carbocycles. The van der Waals surface area contributed by atoms with Crippen LogP contribution in [0.1, 0.15) is 52.0 Å². The van der Waals surface area contributed by atoms with Crippen LogP contribution in [0.15, 0.2) is 24.3 Å². The highest BCUT2D eigenvalue weighted by molar-refractivity contribution is 5.85. The van der Waals surface area contributed by atoms with Crippen LogP contribution in [0.5, 0.6) is 0 Å². The molecule has 1 N–H and O–H groups in total. The third kappa shape index (κ3) is 5.85. The molecule has 2 aromatic rings. The molecule has 1 aromatic heterocycles. The number of carbonyl (C=O) groups is 2. The fourth-order valence-corrected chi connectivity index (χ4v) is 3.59. The van der Waals surface area contributed by atoms with Gasteiger partial charge in [-0.05, 0) is 45.7 Å². The van der Waals surface area contributed by atoms with Crippen molar-refractivity contribution >= 4 is 11.8 Å². The lowest BCUT2D eigenvalue weighted by Crippen LogP contribution is -2.50. The Bertz CT molecular complexity index is 847. The number of hydrogen-bond acceptors (Lipinski definition) is 5. The lowest BCUT2D eigenvalue weighted by molar-refractivity contribution is -0.139. The van der Waals surface area contributed by atoms with E-state index < -0.39 is 0 Å². The number of nitrogens with one attached hydrogen (secondary N) is 1. The Balaban J connectivity index is 1.69. The predicted octanol–water partition coefficient (Wildman–Crippen LogP) is 2.33. The van der Waals surface area contributed by atoms with Gasteiger partial charge in [-0.25, -0.2) is 0 Å². The number of tetrazole rings is 1. The van der Waals surface area contributed by atoms with E-state index in [1.807, 2.05) is 52.0 Å². The van der Waals surface area contributed by atoms with Gasteiger partial charge in [-0.15, -0.1) is 10.2 Å². The summed E-state index contributed by atoms with van der Waals surface area (Å²) < 4.78 is 0. The monoisotopic (exact) mass is 398 g/mol. The predicted molar refractivity (Wildman–Crippen MR) is 110 cm³/mol. The number of aromatic nitrogens is 4. The van der Waals surface area contributed by atoms with Crippen LogP contribution in [0.2, 0.25) is 0 Å². The van der Waals surface area contributed by atoms with Crippen LogP contribution >= 0.6 is 0 Å². The first kappa shape index (κ1) is 21.0. The molecule has 1 aliphatic rings. The highest BCUT2D eigenvalue weighted by Gasteiger charge is 2.29. The lowest BCUT2D eigenvalue weighted by atomic mass is 10.1. The first-order valence-electron chi connectivity index (χ1n) is 10.2. The fraction of sp³-hybridized carbons (Fsp3) is 0.571. The Kier molecular flexibility index (Phi) is 6.30. The normalized spacial score (nSPS) is 14.8. The molecule has 3 rings (SSSR count). The Hall–Kier alpha value is -2.77. The molecule has 29 heavy (non-hydrogen) atoms. The Labute approximate surface area is 171 Å². The zero-order valence-electron chi connectivity index (χ0n) is 17.7. The summed E-state index contributed by atoms with van der Waals surface area (Å²) >= 11 is 0. The van der Waals surface area contributed by atoms with Crippen LogP contribution in [0.4, 0.5) is 0 Å². The van der Waals surface area contributed by atoms with E-state index >= 15 is 0 Å². The number of carbonyl (C=O) groups excluding carboxylic acids is 2. The van der Waals surface area contributed by atoms with Crippen molar-refractivity contribution in [1.82, 2.24) is 30.4 Å². The van der Waals surface area contributed by atoms with Gasteiger partial charge in [0, 0.05) is 17.1 Å². The molecule has 156 valence electrons. The van der Waals surface area contributed by atoms with E-state index in [-0.39, 0.29) is 36.5 Å². The molecule has 0 saturated heterocycles. The van der Waals surface area contributed by atoms with Gasteiger partial charge in [-0.1, -0.05) is 42.7 Å². The van der Waals surface area contributed by atoms with E-state index in [1.54, 1.807) is 4.90 Å². The summed E-state index contributed by atoms with van der Waals surface area (Å²) in [6.45, 7) is 7.83. The highest BCUT2D eigenvalue weighted by Crippen LogP contribution is 2.24. The molecule has 1 saturated carbocycles. The largest absolute Gasteiger partial charge is 0.350 e. The summed E-state index contributed by atoms with van der Waals surface area (Å²) in [5, 5.41) is 15.4. The van der Waals surface area contributed by atoms with Crippen LogP contribution in [-0.4, -0.2) is 55.0 Å². The lowest BCUT2D eigenvalue weighted by Gasteiger charge is -2.30. The Morgan fingerprint density at radius 2 is 1.83 bits per heavy atom. The zero-order chi connectivity index (χ0) is 21.0. The molecule has 1 fully saturated rings. The summed E-state index contributed by atoms with van der Waals surface area (Å²) in [5.41, 5.74) is 1.67. The highest BCUT2D eigenvalue weighted by atomic mass is 16.2. The van der Waals surface area contributed by atoms with E-state index in [2.05, 4.69) is 20.7 Å². The van der Waals surface area contributed by atoms with Gasteiger partial charge in [-0.3, -0.25) is 9.59 Å². The third-order valence-corrected chi connectivity index (χ3v) is 4.95. The van der Waals surface area contributed by atoms with Crippen molar-refractivity contribution in [3.63, 3.8) is 0 Å². The Morgan fingerprint density at radius 3 is 2.45 bits per heavy atom. The van der Waals surface area contributed by atoms with E-state index in [9.17, 15) is 9.59 Å². The number of benzene rings is 1. The maximum Gasteiger partial charge on any atom is 0.246 e. The quantitative estimate of drug-likeness (QED) is 0.806. The van der Waals surface area contributed by atoms with Crippen molar-refractivity contribution in [3.05, 3.63) is 29.8 Å². The number of nitrogens with zero attached hydrogens (tertiary/aromatic N) is 5. The molecular weight excluding hydrogens is 368 g/mol. The average Bonchev–Trinajstić information content (AvgIpc) is 3.31. The van der Waals surface area contributed by atoms with Crippen LogP contribution in [-0.2, 0) is 16.1 Å². The van der Waals surface area contributed by atoms with Crippen molar-refractivity contribution < 1.29 is 9.59 Å². The minimum atomic E-state index is -0.335. The van der Waals surface area contributed by atoms with Gasteiger partial charge in [0.05, 0.1) is 6.54 Å². The van der Waals surface area contributed by atoms with Crippen molar-refractivity contribution in [1.29, 1.82) is 0 Å². The number of rotatable bonds is 6. The molecule has 0 unspecified atom stereocenters. The van der Waals surface area contributed by atoms with E-state index in [4.69, 9.17) is 0 Å². The first-order chi connectivity index (χ1) is 13.7. The molecule has 0 atom stereocenters. The minimum Gasteiger partial charge on any atom is -0.350 e. The summed E-state index contributed by atoms with van der Waals surface area (Å²) in [5.74, 6) is 0.175. The van der Waals surface area contributed by atoms with Gasteiger partial charge in [0.25, 0.3) is 0 Å². The SMILES string of the molecule is Cc1ccc(-c2nnn(CC(=O)N(CC(=O)NC(C)(C)C)C3CCCC3)n2)cc1. The second-order valence-electron chi connectivity index (χ2n) is 8.77. The minimum absolute atomic E-state index is 0.0296. The van der Waals surface area contributed by atoms with Gasteiger partial charge in [0.2, 0.25) is 17.6 Å². The maximum atomic E-state index is 13.0. The molecule has 0 bridgehead atoms. The molecule has 8 heteroatoms. The summed E-state index contributed by atoms with van der Waals surface area (Å²) in [6.07, 6.45) is 4.00. The van der Waals surface area contributed by atoms with Crippen molar-refractivity contribution in [2.75, 3.05) is 6.54 Å². The van der Waals surface area contributed by atoms with Gasteiger partial charge < -0.3 is 10.2 Å². The van der Waals surface area contributed by atoms with E-state index in [0.717, 1.165) is 36.8 Å². The van der Waals surface area contributed by atoms with Gasteiger partial charge in [-0.2, -0.15) is 4.80 Å². The number of amides is 2. The average molecular weight is 399 g/mol. The molecule has 0 spiro atoms. The van der Waals surface area contributed by atoms with E-state index in [0.29, 0.717) is 5.82 Å². The van der Waals surface area contributed by atoms with Gasteiger partial charge >= 0.3 is 0 Å². The number of hydrogen-bond donors (Lipinski definition) is 1. The second-order valence-corrected chi connectivity index (χ2v) is 8.77. The third-order valence-electron chi connectivity index (χ3n) is 4.95. The van der Waals surface area contributed by atoms with Crippen LogP contribution < -0.4 is 5.32 Å². The zero-order valence-corrected chi connectivity index (χ0v) is 17.7. The summed E-state index contributed by atoms with van der Waals surface area (Å²) in [4.78, 5) is 28.4. The first-order valence-corrected chi connectivity index (χ1v) is 10.2. The van der Waals surface area contributed by atoms with Crippen LogP contribution in [0.25, 0.3) is 11.4 Å². The topological polar surface area (TPSA) is 93.0 Å². The maximum absolute atomic E-state index is 13.0. The summed E-state index contributed by atoms with van der Waals surface area (Å²) in [7, 11) is 0. The fourth-order valence-electron chi connectivity index (χ4n) is 3.59. The van der Waals surface area contributed by atoms with Crippen LogP contribution in [0, 0.1) is 6.92 Å².